The van der Waals surface area contributed by atoms with Gasteiger partial charge in [-0.15, -0.1) is 11.3 Å². The van der Waals surface area contributed by atoms with Crippen LogP contribution in [-0.2, 0) is 4.79 Å². The van der Waals surface area contributed by atoms with E-state index in [1.54, 1.807) is 17.4 Å². The quantitative estimate of drug-likeness (QED) is 0.545. The number of carbonyl (C=O) groups excluding carboxylic acids is 1. The van der Waals surface area contributed by atoms with Crippen molar-refractivity contribution in [3.63, 3.8) is 0 Å². The highest BCUT2D eigenvalue weighted by Crippen LogP contribution is 2.36. The molecular formula is C22H28N4OS. The molecule has 2 fully saturated rings. The van der Waals surface area contributed by atoms with Gasteiger partial charge in [0.05, 0.1) is 0 Å². The van der Waals surface area contributed by atoms with Crippen LogP contribution in [0.3, 0.4) is 0 Å². The van der Waals surface area contributed by atoms with Gasteiger partial charge in [-0.05, 0) is 81.9 Å². The number of carbonyl (C=O) groups is 1. The molecule has 2 heterocycles. The van der Waals surface area contributed by atoms with E-state index in [0.717, 1.165) is 29.8 Å². The van der Waals surface area contributed by atoms with Gasteiger partial charge in [0, 0.05) is 33.1 Å². The zero-order valence-corrected chi connectivity index (χ0v) is 17.3. The molecule has 0 radical (unpaired) electrons. The van der Waals surface area contributed by atoms with E-state index in [1.807, 2.05) is 12.1 Å². The molecule has 1 aliphatic carbocycles. The van der Waals surface area contributed by atoms with Crippen LogP contribution in [0.1, 0.15) is 36.1 Å². The molecule has 3 unspecified atom stereocenters. The van der Waals surface area contributed by atoms with Gasteiger partial charge < -0.3 is 16.0 Å². The van der Waals surface area contributed by atoms with Crippen molar-refractivity contribution in [2.45, 2.75) is 44.7 Å². The van der Waals surface area contributed by atoms with Gasteiger partial charge in [0.1, 0.15) is 5.71 Å². The van der Waals surface area contributed by atoms with Crippen LogP contribution in [0, 0.1) is 18.3 Å². The number of nitrogen functional groups attached to an aromatic ring is 1. The summed E-state index contributed by atoms with van der Waals surface area (Å²) >= 11 is 1.70. The molecule has 3 atom stereocenters. The predicted octanol–water partition coefficient (Wildman–Crippen LogP) is 3.66. The maximum absolute atomic E-state index is 12.8. The largest absolute Gasteiger partial charge is 0.398 e. The van der Waals surface area contributed by atoms with E-state index in [4.69, 9.17) is 11.1 Å². The van der Waals surface area contributed by atoms with Crippen LogP contribution in [0.5, 0.6) is 0 Å². The lowest BCUT2D eigenvalue weighted by atomic mass is 9.92. The number of anilines is 1. The highest BCUT2D eigenvalue weighted by atomic mass is 32.1. The number of benzene rings is 1. The van der Waals surface area contributed by atoms with Crippen LogP contribution < -0.4 is 11.1 Å². The Morgan fingerprint density at radius 3 is 2.82 bits per heavy atom. The average molecular weight is 397 g/mol. The SMILES string of the molecule is Cc1ccc(-c2ccc(N)c(C(=N)C(=O)NC3CC4CCCN(C)C4C3)c2)s1. The average Bonchev–Trinajstić information content (AvgIpc) is 3.28. The van der Waals surface area contributed by atoms with Gasteiger partial charge in [-0.1, -0.05) is 6.07 Å². The zero-order valence-electron chi connectivity index (χ0n) is 16.5. The van der Waals surface area contributed by atoms with Crippen molar-refractivity contribution in [2.24, 2.45) is 5.92 Å². The number of likely N-dealkylation sites (tertiary alicyclic amines) is 1. The number of hydrogen-bond acceptors (Lipinski definition) is 5. The van der Waals surface area contributed by atoms with E-state index in [9.17, 15) is 4.79 Å². The molecule has 6 heteroatoms. The van der Waals surface area contributed by atoms with Gasteiger partial charge in [0.2, 0.25) is 0 Å². The van der Waals surface area contributed by atoms with Gasteiger partial charge in [-0.25, -0.2) is 0 Å². The van der Waals surface area contributed by atoms with E-state index in [-0.39, 0.29) is 17.7 Å². The minimum atomic E-state index is -0.322. The third-order valence-corrected chi connectivity index (χ3v) is 7.27. The summed E-state index contributed by atoms with van der Waals surface area (Å²) in [5, 5.41) is 11.5. The first-order valence-corrected chi connectivity index (χ1v) is 10.8. The second-order valence-corrected chi connectivity index (χ2v) is 9.47. The summed E-state index contributed by atoms with van der Waals surface area (Å²) in [5.74, 6) is 0.339. The first kappa shape index (κ1) is 19.2. The predicted molar refractivity (Wildman–Crippen MR) is 116 cm³/mol. The number of nitrogens with one attached hydrogen (secondary N) is 2. The lowest BCUT2D eigenvalue weighted by Crippen LogP contribution is -2.41. The summed E-state index contributed by atoms with van der Waals surface area (Å²) < 4.78 is 0. The van der Waals surface area contributed by atoms with Gasteiger partial charge in [-0.2, -0.15) is 0 Å². The monoisotopic (exact) mass is 396 g/mol. The molecule has 2 aliphatic rings. The molecule has 28 heavy (non-hydrogen) atoms. The second kappa shape index (κ2) is 7.68. The van der Waals surface area contributed by atoms with Crippen LogP contribution in [0.25, 0.3) is 10.4 Å². The number of amides is 1. The summed E-state index contributed by atoms with van der Waals surface area (Å²) in [7, 11) is 2.18. The van der Waals surface area contributed by atoms with Crippen molar-refractivity contribution >= 4 is 28.6 Å². The Morgan fingerprint density at radius 1 is 1.29 bits per heavy atom. The summed E-state index contributed by atoms with van der Waals surface area (Å²) in [4.78, 5) is 17.6. The third-order valence-electron chi connectivity index (χ3n) is 6.22. The number of rotatable bonds is 4. The molecule has 5 nitrogen and oxygen atoms in total. The highest BCUT2D eigenvalue weighted by molar-refractivity contribution is 7.15. The van der Waals surface area contributed by atoms with Gasteiger partial charge in [-0.3, -0.25) is 10.2 Å². The van der Waals surface area contributed by atoms with Crippen LogP contribution in [-0.4, -0.2) is 42.2 Å². The van der Waals surface area contributed by atoms with Gasteiger partial charge in [0.15, 0.2) is 0 Å². The van der Waals surface area contributed by atoms with Gasteiger partial charge in [0.25, 0.3) is 5.91 Å². The molecule has 1 aromatic heterocycles. The Balaban J connectivity index is 1.47. The van der Waals surface area contributed by atoms with Crippen molar-refractivity contribution in [2.75, 3.05) is 19.3 Å². The van der Waals surface area contributed by atoms with Crippen molar-refractivity contribution in [3.8, 4) is 10.4 Å². The molecule has 1 saturated carbocycles. The lowest BCUT2D eigenvalue weighted by molar-refractivity contribution is -0.115. The Morgan fingerprint density at radius 2 is 2.11 bits per heavy atom. The molecule has 1 aromatic carbocycles. The molecule has 1 saturated heterocycles. The molecular weight excluding hydrogens is 368 g/mol. The Kier molecular flexibility index (Phi) is 5.25. The van der Waals surface area contributed by atoms with Crippen LogP contribution in [0.2, 0.25) is 0 Å². The van der Waals surface area contributed by atoms with E-state index < -0.39 is 0 Å². The zero-order chi connectivity index (χ0) is 19.8. The lowest BCUT2D eigenvalue weighted by Gasteiger charge is -2.34. The first-order chi connectivity index (χ1) is 13.4. The molecule has 1 aliphatic heterocycles. The number of hydrogen-bond donors (Lipinski definition) is 3. The number of thiophene rings is 1. The molecule has 4 rings (SSSR count). The fraction of sp³-hybridized carbons (Fsp3) is 0.455. The summed E-state index contributed by atoms with van der Waals surface area (Å²) in [6.45, 7) is 3.21. The Labute approximate surface area is 170 Å². The minimum Gasteiger partial charge on any atom is -0.398 e. The normalized spacial score (nSPS) is 24.7. The highest BCUT2D eigenvalue weighted by Gasteiger charge is 2.39. The number of nitrogens with two attached hydrogens (primary N) is 1. The van der Waals surface area contributed by atoms with Crippen LogP contribution in [0.15, 0.2) is 30.3 Å². The summed E-state index contributed by atoms with van der Waals surface area (Å²) in [5.41, 5.74) is 8.03. The van der Waals surface area contributed by atoms with Crippen LogP contribution >= 0.6 is 11.3 Å². The van der Waals surface area contributed by atoms with E-state index in [0.29, 0.717) is 23.2 Å². The number of piperidine rings is 1. The molecule has 0 spiro atoms. The van der Waals surface area contributed by atoms with Gasteiger partial charge >= 0.3 is 0 Å². The van der Waals surface area contributed by atoms with Crippen molar-refractivity contribution in [1.29, 1.82) is 5.41 Å². The van der Waals surface area contributed by atoms with Crippen LogP contribution in [0.4, 0.5) is 5.69 Å². The first-order valence-electron chi connectivity index (χ1n) is 9.98. The number of fused-ring (bicyclic) bond motifs is 1. The van der Waals surface area contributed by atoms with E-state index in [1.165, 1.54) is 17.7 Å². The van der Waals surface area contributed by atoms with Crippen molar-refractivity contribution in [1.82, 2.24) is 10.2 Å². The fourth-order valence-corrected chi connectivity index (χ4v) is 5.60. The summed E-state index contributed by atoms with van der Waals surface area (Å²) in [6.07, 6.45) is 4.47. The molecule has 1 amide bonds. The molecule has 0 bridgehead atoms. The number of aryl methyl sites for hydroxylation is 1. The second-order valence-electron chi connectivity index (χ2n) is 8.18. The van der Waals surface area contributed by atoms with E-state index >= 15 is 0 Å². The van der Waals surface area contributed by atoms with Crippen molar-refractivity contribution in [3.05, 3.63) is 40.8 Å². The van der Waals surface area contributed by atoms with E-state index in [2.05, 4.69) is 36.3 Å². The maximum atomic E-state index is 12.8. The molecule has 148 valence electrons. The smallest absolute Gasteiger partial charge is 0.270 e. The topological polar surface area (TPSA) is 82.2 Å². The fourth-order valence-electron chi connectivity index (χ4n) is 4.73. The minimum absolute atomic E-state index is 0.0455. The Bertz CT molecular complexity index is 906. The standard InChI is InChI=1S/C22H28N4OS/c1-13-5-8-20(28-13)15-6-7-18(23)17(11-15)21(24)22(27)25-16-10-14-4-3-9-26(2)19(14)12-16/h5-8,11,14,16,19,24H,3-4,9-10,12,23H2,1-2H3,(H,25,27). The van der Waals surface area contributed by atoms with Crippen molar-refractivity contribution < 1.29 is 4.79 Å². The molecule has 4 N–H and O–H groups in total. The number of nitrogens with zero attached hydrogens (tertiary/aromatic N) is 1. The third kappa shape index (κ3) is 3.71. The molecule has 2 aromatic rings. The maximum Gasteiger partial charge on any atom is 0.270 e. The Hall–Kier alpha value is -2.18. The summed E-state index contributed by atoms with van der Waals surface area (Å²) in [6, 6.07) is 10.5.